The Kier molecular flexibility index (Phi) is 3.19. The van der Waals surface area contributed by atoms with Crippen molar-refractivity contribution >= 4 is 23.0 Å². The summed E-state index contributed by atoms with van der Waals surface area (Å²) in [5, 5.41) is 21.7. The molecule has 0 aromatic carbocycles. The molecule has 7 heteroatoms. The number of allylic oxidation sites excluding steroid dienone is 1. The van der Waals surface area contributed by atoms with Gasteiger partial charge in [0.2, 0.25) is 0 Å². The molecule has 0 aliphatic heterocycles. The van der Waals surface area contributed by atoms with Crippen LogP contribution >= 0.6 is 0 Å². The van der Waals surface area contributed by atoms with Crippen LogP contribution in [-0.4, -0.2) is 10.9 Å². The van der Waals surface area contributed by atoms with Gasteiger partial charge in [-0.2, -0.15) is 0 Å². The first-order chi connectivity index (χ1) is 9.00. The van der Waals surface area contributed by atoms with Gasteiger partial charge >= 0.3 is 5.88 Å². The summed E-state index contributed by atoms with van der Waals surface area (Å²) in [5.74, 6) is -1.75. The van der Waals surface area contributed by atoms with Crippen LogP contribution in [0.4, 0.5) is 5.88 Å². The largest absolute Gasteiger partial charge is 0.545 e. The third-order valence-corrected chi connectivity index (χ3v) is 2.49. The van der Waals surface area contributed by atoms with Gasteiger partial charge in [-0.25, -0.2) is 0 Å². The minimum absolute atomic E-state index is 0.0716. The second kappa shape index (κ2) is 4.81. The van der Waals surface area contributed by atoms with Gasteiger partial charge < -0.3 is 18.7 Å². The Hall–Kier alpha value is -2.83. The van der Waals surface area contributed by atoms with Gasteiger partial charge in [-0.3, -0.25) is 10.1 Å². The van der Waals surface area contributed by atoms with E-state index in [0.29, 0.717) is 0 Å². The molecular formula is C12H8NO6-. The van der Waals surface area contributed by atoms with Crippen molar-refractivity contribution < 1.29 is 23.7 Å². The summed E-state index contributed by atoms with van der Waals surface area (Å²) in [6.07, 6.45) is 1.32. The highest BCUT2D eigenvalue weighted by Crippen LogP contribution is 2.29. The van der Waals surface area contributed by atoms with Gasteiger partial charge in [0.15, 0.2) is 0 Å². The maximum atomic E-state index is 11.1. The van der Waals surface area contributed by atoms with Crippen LogP contribution in [0.5, 0.6) is 0 Å². The quantitative estimate of drug-likeness (QED) is 0.468. The highest BCUT2D eigenvalue weighted by molar-refractivity contribution is 6.21. The second-order valence-corrected chi connectivity index (χ2v) is 3.66. The number of hydrogen-bond donors (Lipinski definition) is 0. The second-order valence-electron chi connectivity index (χ2n) is 3.66. The zero-order valence-corrected chi connectivity index (χ0v) is 9.78. The average Bonchev–Trinajstić information content (AvgIpc) is 2.99. The van der Waals surface area contributed by atoms with Gasteiger partial charge in [-0.1, -0.05) is 0 Å². The van der Waals surface area contributed by atoms with Crippen molar-refractivity contribution in [3.05, 3.63) is 52.2 Å². The van der Waals surface area contributed by atoms with Crippen LogP contribution in [0.2, 0.25) is 0 Å². The third-order valence-electron chi connectivity index (χ3n) is 2.49. The maximum absolute atomic E-state index is 11.1. The Bertz CT molecular complexity index is 650. The lowest BCUT2D eigenvalue weighted by molar-refractivity contribution is -0.402. The van der Waals surface area contributed by atoms with Gasteiger partial charge in [-0.15, -0.1) is 0 Å². The number of rotatable bonds is 4. The molecule has 2 aromatic rings. The minimum Gasteiger partial charge on any atom is -0.545 e. The molecule has 98 valence electrons. The average molecular weight is 262 g/mol. The fraction of sp³-hybridized carbons (Fsp3) is 0.0833. The van der Waals surface area contributed by atoms with Crippen LogP contribution in [0.15, 0.2) is 39.4 Å². The molecule has 0 amide bonds. The number of furan rings is 2. The van der Waals surface area contributed by atoms with E-state index in [1.54, 1.807) is 0 Å². The Morgan fingerprint density at radius 3 is 2.47 bits per heavy atom. The SMILES string of the molecule is CC(=C(C(=O)[O-])c1ccco1)c1ccc([N+](=O)[O-])o1. The van der Waals surface area contributed by atoms with Crippen LogP contribution in [0, 0.1) is 10.1 Å². The van der Waals surface area contributed by atoms with E-state index in [1.807, 2.05) is 0 Å². The number of nitrogens with zero attached hydrogens (tertiary/aromatic N) is 1. The summed E-state index contributed by atoms with van der Waals surface area (Å²) < 4.78 is 9.95. The van der Waals surface area contributed by atoms with E-state index in [2.05, 4.69) is 0 Å². The first kappa shape index (κ1) is 12.6. The molecule has 0 fully saturated rings. The van der Waals surface area contributed by atoms with Gasteiger partial charge in [0.25, 0.3) is 0 Å². The molecule has 2 heterocycles. The van der Waals surface area contributed by atoms with E-state index in [0.717, 1.165) is 6.07 Å². The van der Waals surface area contributed by atoms with Crippen molar-refractivity contribution in [2.75, 3.05) is 0 Å². The predicted octanol–water partition coefficient (Wildman–Crippen LogP) is 1.46. The highest BCUT2D eigenvalue weighted by Gasteiger charge is 2.17. The molecule has 0 unspecified atom stereocenters. The Morgan fingerprint density at radius 1 is 1.26 bits per heavy atom. The summed E-state index contributed by atoms with van der Waals surface area (Å²) >= 11 is 0. The first-order valence-electron chi connectivity index (χ1n) is 5.21. The molecular weight excluding hydrogens is 254 g/mol. The molecule has 0 atom stereocenters. The fourth-order valence-electron chi connectivity index (χ4n) is 1.61. The lowest BCUT2D eigenvalue weighted by atomic mass is 10.1. The van der Waals surface area contributed by atoms with Crippen LogP contribution in [0.1, 0.15) is 18.4 Å². The van der Waals surface area contributed by atoms with E-state index in [9.17, 15) is 20.0 Å². The lowest BCUT2D eigenvalue weighted by Gasteiger charge is -2.08. The number of carboxylic acid groups (broad SMARTS) is 1. The summed E-state index contributed by atoms with van der Waals surface area (Å²) in [5.41, 5.74) is -0.0303. The Morgan fingerprint density at radius 2 is 2.00 bits per heavy atom. The zero-order valence-electron chi connectivity index (χ0n) is 9.78. The minimum atomic E-state index is -1.45. The predicted molar refractivity (Wildman–Crippen MR) is 61.6 cm³/mol. The molecule has 0 saturated heterocycles. The first-order valence-corrected chi connectivity index (χ1v) is 5.21. The van der Waals surface area contributed by atoms with Crippen LogP contribution in [0.25, 0.3) is 11.1 Å². The molecule has 0 saturated carbocycles. The van der Waals surface area contributed by atoms with Crippen molar-refractivity contribution in [3.63, 3.8) is 0 Å². The van der Waals surface area contributed by atoms with Crippen molar-refractivity contribution in [2.45, 2.75) is 6.92 Å². The molecule has 0 aliphatic carbocycles. The van der Waals surface area contributed by atoms with E-state index in [4.69, 9.17) is 8.83 Å². The standard InChI is InChI=1S/C12H9NO6/c1-7(8-4-5-10(19-8)13(16)17)11(12(14)15)9-3-2-6-18-9/h2-6H,1H3,(H,14,15)/p-1. The molecule has 0 radical (unpaired) electrons. The summed E-state index contributed by atoms with van der Waals surface area (Å²) in [6, 6.07) is 5.44. The summed E-state index contributed by atoms with van der Waals surface area (Å²) in [6.45, 7) is 1.45. The van der Waals surface area contributed by atoms with Crippen LogP contribution in [0.3, 0.4) is 0 Å². The normalized spacial score (nSPS) is 12.1. The third kappa shape index (κ3) is 2.39. The molecule has 7 nitrogen and oxygen atoms in total. The molecule has 2 aromatic heterocycles. The van der Waals surface area contributed by atoms with Gasteiger partial charge in [0.1, 0.15) is 16.4 Å². The van der Waals surface area contributed by atoms with Crippen molar-refractivity contribution in [2.24, 2.45) is 0 Å². The topological polar surface area (TPSA) is 110 Å². The van der Waals surface area contributed by atoms with Crippen molar-refractivity contribution in [1.82, 2.24) is 0 Å². The molecule has 0 aliphatic rings. The fourth-order valence-corrected chi connectivity index (χ4v) is 1.61. The van der Waals surface area contributed by atoms with E-state index < -0.39 is 16.8 Å². The van der Waals surface area contributed by atoms with Gasteiger partial charge in [0.05, 0.1) is 18.3 Å². The number of carbonyl (C=O) groups excluding carboxylic acids is 1. The van der Waals surface area contributed by atoms with Crippen molar-refractivity contribution in [3.8, 4) is 0 Å². The van der Waals surface area contributed by atoms with Crippen LogP contribution < -0.4 is 5.11 Å². The number of nitro groups is 1. The molecule has 0 N–H and O–H groups in total. The monoisotopic (exact) mass is 262 g/mol. The van der Waals surface area contributed by atoms with Crippen LogP contribution in [-0.2, 0) is 4.79 Å². The molecule has 19 heavy (non-hydrogen) atoms. The lowest BCUT2D eigenvalue weighted by Crippen LogP contribution is -2.24. The highest BCUT2D eigenvalue weighted by atomic mass is 16.6. The Labute approximate surface area is 106 Å². The summed E-state index contributed by atoms with van der Waals surface area (Å²) in [7, 11) is 0. The van der Waals surface area contributed by atoms with E-state index in [1.165, 1.54) is 31.4 Å². The molecule has 0 spiro atoms. The van der Waals surface area contributed by atoms with Gasteiger partial charge in [-0.05, 0) is 25.1 Å². The number of hydrogen-bond acceptors (Lipinski definition) is 6. The molecule has 2 rings (SSSR count). The number of carboxylic acids is 1. The summed E-state index contributed by atoms with van der Waals surface area (Å²) in [4.78, 5) is 21.0. The number of carbonyl (C=O) groups is 1. The van der Waals surface area contributed by atoms with E-state index in [-0.39, 0.29) is 22.7 Å². The smallest absolute Gasteiger partial charge is 0.433 e. The maximum Gasteiger partial charge on any atom is 0.433 e. The van der Waals surface area contributed by atoms with Crippen molar-refractivity contribution in [1.29, 1.82) is 0 Å². The zero-order chi connectivity index (χ0) is 14.0. The Balaban J connectivity index is 2.53. The number of aliphatic carboxylic acids is 1. The molecule has 0 bridgehead atoms. The van der Waals surface area contributed by atoms with E-state index >= 15 is 0 Å². The van der Waals surface area contributed by atoms with Gasteiger partial charge in [0, 0.05) is 11.1 Å².